The van der Waals surface area contributed by atoms with Gasteiger partial charge in [-0.05, 0) is 31.2 Å². The Labute approximate surface area is 118 Å². The van der Waals surface area contributed by atoms with Gasteiger partial charge in [-0.2, -0.15) is 0 Å². The Morgan fingerprint density at radius 1 is 1.25 bits per heavy atom. The van der Waals surface area contributed by atoms with Crippen molar-refractivity contribution in [2.75, 3.05) is 11.9 Å². The van der Waals surface area contributed by atoms with Crippen LogP contribution in [0.1, 0.15) is 17.0 Å². The first-order valence-electron chi connectivity index (χ1n) is 6.32. The number of nitrogens with two attached hydrogens (primary N) is 1. The fraction of sp³-hybridized carbons (Fsp3) is 0.200. The van der Waals surface area contributed by atoms with Crippen LogP contribution in [0, 0.1) is 6.92 Å². The molecule has 2 rings (SSSR count). The highest BCUT2D eigenvalue weighted by Gasteiger charge is 2.11. The van der Waals surface area contributed by atoms with Crippen molar-refractivity contribution < 1.29 is 5.21 Å². The smallest absolute Gasteiger partial charge is 0.172 e. The molecule has 0 bridgehead atoms. The molecular weight excluding hydrogens is 252 g/mol. The third-order valence-electron chi connectivity index (χ3n) is 3.04. The fourth-order valence-corrected chi connectivity index (χ4v) is 2.09. The van der Waals surface area contributed by atoms with Gasteiger partial charge in [-0.25, -0.2) is 0 Å². The highest BCUT2D eigenvalue weighted by molar-refractivity contribution is 6.02. The number of aryl methyl sites for hydroxylation is 1. The third-order valence-corrected chi connectivity index (χ3v) is 3.04. The molecule has 0 atom stereocenters. The maximum Gasteiger partial charge on any atom is 0.172 e. The molecule has 1 aromatic carbocycles. The summed E-state index contributed by atoms with van der Waals surface area (Å²) in [6.07, 6.45) is 0. The highest BCUT2D eigenvalue weighted by Crippen LogP contribution is 2.20. The van der Waals surface area contributed by atoms with Gasteiger partial charge in [0.15, 0.2) is 5.84 Å². The lowest BCUT2D eigenvalue weighted by Gasteiger charge is -2.21. The van der Waals surface area contributed by atoms with E-state index >= 15 is 0 Å². The van der Waals surface area contributed by atoms with E-state index in [1.807, 2.05) is 61.3 Å². The first-order valence-corrected chi connectivity index (χ1v) is 6.32. The maximum atomic E-state index is 8.85. The Bertz CT molecular complexity index is 625. The number of anilines is 1. The molecule has 0 unspecified atom stereocenters. The van der Waals surface area contributed by atoms with Crippen LogP contribution in [-0.4, -0.2) is 23.1 Å². The predicted molar refractivity (Wildman–Crippen MR) is 80.0 cm³/mol. The highest BCUT2D eigenvalue weighted by atomic mass is 16.4. The fourth-order valence-electron chi connectivity index (χ4n) is 2.09. The number of oxime groups is 1. The summed E-state index contributed by atoms with van der Waals surface area (Å²) in [5.41, 5.74) is 9.26. The zero-order chi connectivity index (χ0) is 14.5. The summed E-state index contributed by atoms with van der Waals surface area (Å²) in [7, 11) is 1.95. The van der Waals surface area contributed by atoms with Gasteiger partial charge in [0.1, 0.15) is 0 Å². The number of nitrogens with zero attached hydrogens (tertiary/aromatic N) is 3. The topological polar surface area (TPSA) is 74.7 Å². The van der Waals surface area contributed by atoms with Crippen molar-refractivity contribution >= 4 is 11.5 Å². The van der Waals surface area contributed by atoms with Crippen molar-refractivity contribution in [1.82, 2.24) is 4.98 Å². The number of aromatic nitrogens is 1. The van der Waals surface area contributed by atoms with E-state index in [-0.39, 0.29) is 5.84 Å². The van der Waals surface area contributed by atoms with Crippen LogP contribution < -0.4 is 10.6 Å². The molecule has 0 fully saturated rings. The Hall–Kier alpha value is -2.56. The lowest BCUT2D eigenvalue weighted by molar-refractivity contribution is 0.318. The van der Waals surface area contributed by atoms with Crippen LogP contribution in [-0.2, 0) is 6.54 Å². The molecule has 5 heteroatoms. The van der Waals surface area contributed by atoms with Gasteiger partial charge in [0.25, 0.3) is 0 Å². The van der Waals surface area contributed by atoms with Crippen molar-refractivity contribution in [3.63, 3.8) is 0 Å². The van der Waals surface area contributed by atoms with Gasteiger partial charge in [-0.15, -0.1) is 0 Å². The molecular formula is C15H18N4O. The number of amidine groups is 1. The second-order valence-corrected chi connectivity index (χ2v) is 4.63. The molecule has 1 heterocycles. The minimum Gasteiger partial charge on any atom is -0.409 e. The van der Waals surface area contributed by atoms with E-state index in [0.29, 0.717) is 12.1 Å². The van der Waals surface area contributed by atoms with Crippen molar-refractivity contribution in [2.24, 2.45) is 10.9 Å². The Kier molecular flexibility index (Phi) is 4.20. The van der Waals surface area contributed by atoms with Crippen LogP contribution in [0.15, 0.2) is 47.6 Å². The van der Waals surface area contributed by atoms with Crippen LogP contribution in [0.2, 0.25) is 0 Å². The van der Waals surface area contributed by atoms with Gasteiger partial charge >= 0.3 is 0 Å². The van der Waals surface area contributed by atoms with Gasteiger partial charge in [0, 0.05) is 24.0 Å². The number of pyridine rings is 1. The maximum absolute atomic E-state index is 8.85. The van der Waals surface area contributed by atoms with Gasteiger partial charge < -0.3 is 15.8 Å². The minimum absolute atomic E-state index is 0.102. The number of hydrogen-bond acceptors (Lipinski definition) is 4. The minimum atomic E-state index is 0.102. The van der Waals surface area contributed by atoms with Crippen molar-refractivity contribution in [3.05, 3.63) is 59.4 Å². The molecule has 0 saturated carbocycles. The molecule has 0 saturated heterocycles. The quantitative estimate of drug-likeness (QED) is 0.386. The zero-order valence-corrected chi connectivity index (χ0v) is 11.6. The molecule has 20 heavy (non-hydrogen) atoms. The molecule has 5 nitrogen and oxygen atoms in total. The van der Waals surface area contributed by atoms with Crippen LogP contribution in [0.5, 0.6) is 0 Å². The van der Waals surface area contributed by atoms with Gasteiger partial charge in [-0.1, -0.05) is 23.4 Å². The van der Waals surface area contributed by atoms with E-state index in [2.05, 4.69) is 10.1 Å². The van der Waals surface area contributed by atoms with Gasteiger partial charge in [0.05, 0.1) is 12.2 Å². The standard InChI is InChI=1S/C15H18N4O/c1-11-6-5-7-12(17-11)10-19(2)14-9-4-3-8-13(14)15(16)18-20/h3-9,20H,10H2,1-2H3,(H2,16,18). The normalized spacial score (nSPS) is 11.4. The van der Waals surface area contributed by atoms with E-state index in [1.54, 1.807) is 0 Å². The molecule has 3 N–H and O–H groups in total. The van der Waals surface area contributed by atoms with Gasteiger partial charge in [-0.3, -0.25) is 4.98 Å². The van der Waals surface area contributed by atoms with Gasteiger partial charge in [0.2, 0.25) is 0 Å². The van der Waals surface area contributed by atoms with Crippen LogP contribution in [0.4, 0.5) is 5.69 Å². The summed E-state index contributed by atoms with van der Waals surface area (Å²) >= 11 is 0. The summed E-state index contributed by atoms with van der Waals surface area (Å²) in [6, 6.07) is 13.5. The van der Waals surface area contributed by atoms with E-state index in [1.165, 1.54) is 0 Å². The number of benzene rings is 1. The van der Waals surface area contributed by atoms with E-state index in [9.17, 15) is 0 Å². The molecule has 0 amide bonds. The molecule has 2 aromatic rings. The summed E-state index contributed by atoms with van der Waals surface area (Å²) in [5.74, 6) is 0.102. The van der Waals surface area contributed by atoms with E-state index in [4.69, 9.17) is 10.9 Å². The second kappa shape index (κ2) is 6.06. The van der Waals surface area contributed by atoms with Crippen molar-refractivity contribution in [2.45, 2.75) is 13.5 Å². The van der Waals surface area contributed by atoms with Crippen LogP contribution in [0.25, 0.3) is 0 Å². The molecule has 1 aromatic heterocycles. The first-order chi connectivity index (χ1) is 9.61. The number of hydrogen-bond donors (Lipinski definition) is 2. The Morgan fingerprint density at radius 2 is 2.00 bits per heavy atom. The monoisotopic (exact) mass is 270 g/mol. The predicted octanol–water partition coefficient (Wildman–Crippen LogP) is 2.12. The Morgan fingerprint density at radius 3 is 2.70 bits per heavy atom. The summed E-state index contributed by atoms with van der Waals surface area (Å²) < 4.78 is 0. The molecule has 0 aliphatic heterocycles. The Balaban J connectivity index is 2.28. The summed E-state index contributed by atoms with van der Waals surface area (Å²) in [4.78, 5) is 6.50. The van der Waals surface area contributed by atoms with E-state index in [0.717, 1.165) is 17.1 Å². The first kappa shape index (κ1) is 13.9. The lowest BCUT2D eigenvalue weighted by atomic mass is 10.1. The zero-order valence-electron chi connectivity index (χ0n) is 11.6. The second-order valence-electron chi connectivity index (χ2n) is 4.63. The average Bonchev–Trinajstić information content (AvgIpc) is 2.46. The van der Waals surface area contributed by atoms with E-state index < -0.39 is 0 Å². The summed E-state index contributed by atoms with van der Waals surface area (Å²) in [5, 5.41) is 11.9. The van der Waals surface area contributed by atoms with Crippen LogP contribution >= 0.6 is 0 Å². The molecule has 0 spiro atoms. The largest absolute Gasteiger partial charge is 0.409 e. The lowest BCUT2D eigenvalue weighted by Crippen LogP contribution is -2.23. The number of rotatable bonds is 4. The van der Waals surface area contributed by atoms with Crippen molar-refractivity contribution in [3.8, 4) is 0 Å². The molecule has 0 aliphatic rings. The van der Waals surface area contributed by atoms with Crippen molar-refractivity contribution in [1.29, 1.82) is 0 Å². The molecule has 0 radical (unpaired) electrons. The molecule has 104 valence electrons. The number of para-hydroxylation sites is 1. The summed E-state index contributed by atoms with van der Waals surface area (Å²) in [6.45, 7) is 2.62. The van der Waals surface area contributed by atoms with Crippen LogP contribution in [0.3, 0.4) is 0 Å². The average molecular weight is 270 g/mol. The molecule has 0 aliphatic carbocycles. The SMILES string of the molecule is Cc1cccc(CN(C)c2ccccc2/C(N)=N/O)n1. The third kappa shape index (κ3) is 3.06.